The molecule has 7 heteroatoms. The Kier molecular flexibility index (Phi) is 6.44. The summed E-state index contributed by atoms with van der Waals surface area (Å²) in [5.41, 5.74) is 16.3. The second-order valence-corrected chi connectivity index (χ2v) is 10.2. The van der Waals surface area contributed by atoms with Crippen molar-refractivity contribution in [3.8, 4) is 22.5 Å². The van der Waals surface area contributed by atoms with Crippen LogP contribution in [-0.2, 0) is 13.6 Å². The number of rotatable bonds is 5. The number of nitrogens with two attached hydrogens (primary N) is 1. The largest absolute Gasteiger partial charge is 0.383 e. The van der Waals surface area contributed by atoms with E-state index < -0.39 is 0 Å². The summed E-state index contributed by atoms with van der Waals surface area (Å²) in [5, 5.41) is 5.13. The summed E-state index contributed by atoms with van der Waals surface area (Å²) in [4.78, 5) is 12.4. The highest BCUT2D eigenvalue weighted by Crippen LogP contribution is 2.33. The summed E-state index contributed by atoms with van der Waals surface area (Å²) in [6, 6.07) is 24.5. The monoisotopic (exact) mass is 520 g/mol. The maximum absolute atomic E-state index is 6.27. The first-order valence-electron chi connectivity index (χ1n) is 12.8. The average Bonchev–Trinajstić information content (AvgIpc) is 3.20. The van der Waals surface area contributed by atoms with Crippen molar-refractivity contribution in [3.63, 3.8) is 0 Å². The number of anilines is 1. The molecule has 38 heavy (non-hydrogen) atoms. The molecule has 0 amide bonds. The number of nitrogens with zero attached hydrogens (tertiary/aromatic N) is 5. The van der Waals surface area contributed by atoms with Gasteiger partial charge < -0.3 is 5.73 Å². The van der Waals surface area contributed by atoms with Crippen LogP contribution >= 0.6 is 11.6 Å². The van der Waals surface area contributed by atoms with Gasteiger partial charge >= 0.3 is 0 Å². The third kappa shape index (κ3) is 4.69. The number of nitrogen functional groups attached to an aromatic ring is 1. The highest BCUT2D eigenvalue weighted by Gasteiger charge is 2.20. The topological polar surface area (TPSA) is 72.9 Å². The molecule has 2 aromatic heterocycles. The maximum Gasteiger partial charge on any atom is 0.129 e. The molecule has 0 aliphatic carbocycles. The molecule has 0 atom stereocenters. The van der Waals surface area contributed by atoms with Crippen molar-refractivity contribution in [1.82, 2.24) is 24.6 Å². The lowest BCUT2D eigenvalue weighted by Crippen LogP contribution is -2.28. The van der Waals surface area contributed by atoms with Gasteiger partial charge in [-0.1, -0.05) is 72.3 Å². The quantitative estimate of drug-likeness (QED) is 0.285. The Balaban J connectivity index is 1.25. The van der Waals surface area contributed by atoms with Gasteiger partial charge in [0.15, 0.2) is 0 Å². The molecule has 2 N–H and O–H groups in total. The van der Waals surface area contributed by atoms with Crippen molar-refractivity contribution in [2.75, 3.05) is 18.8 Å². The lowest BCUT2D eigenvalue weighted by molar-refractivity contribution is 0.294. The van der Waals surface area contributed by atoms with Crippen LogP contribution in [-0.4, -0.2) is 37.7 Å². The molecule has 1 aliphatic heterocycles. The van der Waals surface area contributed by atoms with E-state index in [0.717, 1.165) is 76.7 Å². The molecule has 3 heterocycles. The Morgan fingerprint density at radius 3 is 2.26 bits per heavy atom. The first kappa shape index (κ1) is 24.3. The van der Waals surface area contributed by atoms with Crippen molar-refractivity contribution in [2.45, 2.75) is 19.9 Å². The molecule has 6 rings (SSSR count). The minimum Gasteiger partial charge on any atom is -0.383 e. The van der Waals surface area contributed by atoms with Crippen LogP contribution in [0.2, 0.25) is 5.02 Å². The highest BCUT2D eigenvalue weighted by molar-refractivity contribution is 6.31. The Labute approximate surface area is 227 Å². The first-order chi connectivity index (χ1) is 18.5. The lowest BCUT2D eigenvalue weighted by atomic mass is 9.98. The SMILES string of the molecule is Cc1nn(C)c(N)c1C1=CCN(Cc2ccc(-c3nc4ccc(Cl)cc4nc3-c3ccccc3)cc2)CC1. The van der Waals surface area contributed by atoms with E-state index in [4.69, 9.17) is 27.3 Å². The second-order valence-electron chi connectivity index (χ2n) is 9.80. The third-order valence-electron chi connectivity index (χ3n) is 7.19. The zero-order valence-corrected chi connectivity index (χ0v) is 22.3. The number of benzene rings is 3. The molecule has 190 valence electrons. The molecule has 0 spiro atoms. The van der Waals surface area contributed by atoms with Crippen LogP contribution in [0, 0.1) is 6.92 Å². The van der Waals surface area contributed by atoms with Gasteiger partial charge in [0.1, 0.15) is 5.82 Å². The van der Waals surface area contributed by atoms with Crippen LogP contribution < -0.4 is 5.73 Å². The van der Waals surface area contributed by atoms with Crippen molar-refractivity contribution >= 4 is 34.0 Å². The summed E-state index contributed by atoms with van der Waals surface area (Å²) in [5.74, 6) is 0.743. The summed E-state index contributed by atoms with van der Waals surface area (Å²) < 4.78 is 1.76. The van der Waals surface area contributed by atoms with Gasteiger partial charge in [0.2, 0.25) is 0 Å². The van der Waals surface area contributed by atoms with E-state index >= 15 is 0 Å². The summed E-state index contributed by atoms with van der Waals surface area (Å²) in [6.07, 6.45) is 3.26. The van der Waals surface area contributed by atoms with Crippen LogP contribution in [0.15, 0.2) is 78.9 Å². The van der Waals surface area contributed by atoms with E-state index in [1.807, 2.05) is 50.4 Å². The van der Waals surface area contributed by atoms with Crippen molar-refractivity contribution in [1.29, 1.82) is 0 Å². The van der Waals surface area contributed by atoms with Gasteiger partial charge in [-0.2, -0.15) is 5.10 Å². The van der Waals surface area contributed by atoms with E-state index in [-0.39, 0.29) is 0 Å². The smallest absolute Gasteiger partial charge is 0.129 e. The fourth-order valence-corrected chi connectivity index (χ4v) is 5.37. The minimum atomic E-state index is 0.654. The second kappa shape index (κ2) is 10.0. The Bertz CT molecular complexity index is 1650. The Morgan fingerprint density at radius 2 is 1.61 bits per heavy atom. The summed E-state index contributed by atoms with van der Waals surface area (Å²) >= 11 is 6.24. The molecule has 3 aromatic carbocycles. The normalized spacial score (nSPS) is 14.1. The molecule has 5 aromatic rings. The van der Waals surface area contributed by atoms with E-state index in [0.29, 0.717) is 5.02 Å². The summed E-state index contributed by atoms with van der Waals surface area (Å²) in [7, 11) is 1.90. The number of hydrogen-bond acceptors (Lipinski definition) is 5. The highest BCUT2D eigenvalue weighted by atomic mass is 35.5. The third-order valence-corrected chi connectivity index (χ3v) is 7.42. The van der Waals surface area contributed by atoms with Crippen LogP contribution in [0.25, 0.3) is 39.1 Å². The zero-order chi connectivity index (χ0) is 26.2. The van der Waals surface area contributed by atoms with E-state index in [1.165, 1.54) is 11.1 Å². The lowest BCUT2D eigenvalue weighted by Gasteiger charge is -2.26. The van der Waals surface area contributed by atoms with Crippen molar-refractivity contribution < 1.29 is 0 Å². The van der Waals surface area contributed by atoms with Gasteiger partial charge in [0.25, 0.3) is 0 Å². The average molecular weight is 521 g/mol. The van der Waals surface area contributed by atoms with Crippen molar-refractivity contribution in [3.05, 3.63) is 101 Å². The molecule has 1 aliphatic rings. The van der Waals surface area contributed by atoms with Gasteiger partial charge in [-0.3, -0.25) is 9.58 Å². The van der Waals surface area contributed by atoms with Crippen LogP contribution in [0.5, 0.6) is 0 Å². The number of halogens is 1. The van der Waals surface area contributed by atoms with Gasteiger partial charge in [-0.25, -0.2) is 9.97 Å². The van der Waals surface area contributed by atoms with Crippen LogP contribution in [0.1, 0.15) is 23.2 Å². The molecule has 0 radical (unpaired) electrons. The molecular weight excluding hydrogens is 492 g/mol. The van der Waals surface area contributed by atoms with Gasteiger partial charge in [-0.05, 0) is 42.7 Å². The van der Waals surface area contributed by atoms with Gasteiger partial charge in [-0.15, -0.1) is 0 Å². The standard InChI is InChI=1S/C31H29ClN6/c1-20-28(31(33)37(2)36-20)22-14-16-38(17-15-22)19-21-8-10-24(11-9-21)30-29(23-6-4-3-5-7-23)35-27-18-25(32)12-13-26(27)34-30/h3-14,18H,15-17,19,33H2,1-2H3. The molecule has 6 nitrogen and oxygen atoms in total. The predicted molar refractivity (Wildman–Crippen MR) is 156 cm³/mol. The molecular formula is C31H29ClN6. The molecule has 0 bridgehead atoms. The molecule has 0 saturated heterocycles. The van der Waals surface area contributed by atoms with Gasteiger partial charge in [0, 0.05) is 48.4 Å². The molecule has 0 fully saturated rings. The minimum absolute atomic E-state index is 0.654. The van der Waals surface area contributed by atoms with E-state index in [9.17, 15) is 0 Å². The van der Waals surface area contributed by atoms with Gasteiger partial charge in [0.05, 0.1) is 28.1 Å². The number of fused-ring (bicyclic) bond motifs is 1. The molecule has 0 saturated carbocycles. The first-order valence-corrected chi connectivity index (χ1v) is 13.2. The zero-order valence-electron chi connectivity index (χ0n) is 21.5. The van der Waals surface area contributed by atoms with Crippen LogP contribution in [0.4, 0.5) is 5.82 Å². The number of aryl methyl sites for hydroxylation is 2. The number of aromatic nitrogens is 4. The Hall–Kier alpha value is -4.00. The fraction of sp³-hybridized carbons (Fsp3) is 0.194. The molecule has 0 unspecified atom stereocenters. The van der Waals surface area contributed by atoms with Crippen LogP contribution in [0.3, 0.4) is 0 Å². The van der Waals surface area contributed by atoms with E-state index in [2.05, 4.69) is 52.5 Å². The fourth-order valence-electron chi connectivity index (χ4n) is 5.21. The maximum atomic E-state index is 6.27. The van der Waals surface area contributed by atoms with E-state index in [1.54, 1.807) is 4.68 Å². The summed E-state index contributed by atoms with van der Waals surface area (Å²) in [6.45, 7) is 4.79. The van der Waals surface area contributed by atoms with Crippen molar-refractivity contribution in [2.24, 2.45) is 7.05 Å². The Morgan fingerprint density at radius 1 is 0.895 bits per heavy atom. The number of hydrogen-bond donors (Lipinski definition) is 1. The predicted octanol–water partition coefficient (Wildman–Crippen LogP) is 6.53.